The standard InChI is InChI=1S/C19H22N2/c1-16-5-2-8-19(12-11-16)15-21-14-18-9-3-6-17(13-20)7-4-10-18/h3,5,7-12,21H,2,4,6,14-15H2,1H3/b9-3-,17-7+,18-10+. The molecule has 0 aromatic heterocycles. The van der Waals surface area contributed by atoms with Crippen molar-refractivity contribution in [3.05, 3.63) is 70.9 Å². The summed E-state index contributed by atoms with van der Waals surface area (Å²) < 4.78 is 0. The van der Waals surface area contributed by atoms with Crippen LogP contribution in [0.1, 0.15) is 26.2 Å². The minimum Gasteiger partial charge on any atom is -0.309 e. The Morgan fingerprint density at radius 1 is 1.00 bits per heavy atom. The first kappa shape index (κ1) is 15.3. The van der Waals surface area contributed by atoms with Crippen molar-refractivity contribution in [2.24, 2.45) is 0 Å². The number of hydrogen-bond acceptors (Lipinski definition) is 2. The van der Waals surface area contributed by atoms with Crippen molar-refractivity contribution in [2.75, 3.05) is 13.1 Å². The molecular formula is C19H22N2. The molecule has 0 saturated carbocycles. The lowest BCUT2D eigenvalue weighted by molar-refractivity contribution is 0.804. The Labute approximate surface area is 127 Å². The molecular weight excluding hydrogens is 256 g/mol. The van der Waals surface area contributed by atoms with Gasteiger partial charge in [-0.05, 0) is 30.9 Å². The van der Waals surface area contributed by atoms with E-state index in [0.29, 0.717) is 0 Å². The Bertz CT molecular complexity index is 590. The van der Waals surface area contributed by atoms with E-state index in [1.165, 1.54) is 16.7 Å². The quantitative estimate of drug-likeness (QED) is 0.839. The molecule has 2 nitrogen and oxygen atoms in total. The molecule has 0 aromatic carbocycles. The fraction of sp³-hybridized carbons (Fsp3) is 0.316. The summed E-state index contributed by atoms with van der Waals surface area (Å²) in [5.41, 5.74) is 4.80. The van der Waals surface area contributed by atoms with E-state index >= 15 is 0 Å². The van der Waals surface area contributed by atoms with Crippen molar-refractivity contribution in [1.29, 1.82) is 5.26 Å². The lowest BCUT2D eigenvalue weighted by atomic mass is 10.1. The largest absolute Gasteiger partial charge is 0.309 e. The molecule has 2 heteroatoms. The summed E-state index contributed by atoms with van der Waals surface area (Å²) in [6.07, 6.45) is 19.9. The van der Waals surface area contributed by atoms with Gasteiger partial charge in [-0.1, -0.05) is 54.2 Å². The number of nitriles is 1. The van der Waals surface area contributed by atoms with Gasteiger partial charge in [0.25, 0.3) is 0 Å². The Kier molecular flexibility index (Phi) is 5.99. The summed E-state index contributed by atoms with van der Waals surface area (Å²) >= 11 is 0. The van der Waals surface area contributed by atoms with Crippen molar-refractivity contribution in [1.82, 2.24) is 5.32 Å². The van der Waals surface area contributed by atoms with Crippen LogP contribution >= 0.6 is 0 Å². The number of nitrogens with zero attached hydrogens (tertiary/aromatic N) is 1. The molecule has 0 unspecified atom stereocenters. The predicted octanol–water partition coefficient (Wildman–Crippen LogP) is 4.13. The van der Waals surface area contributed by atoms with E-state index in [1.807, 2.05) is 6.08 Å². The monoisotopic (exact) mass is 278 g/mol. The van der Waals surface area contributed by atoms with Crippen LogP contribution in [-0.4, -0.2) is 13.1 Å². The first-order valence-electron chi connectivity index (χ1n) is 7.47. The van der Waals surface area contributed by atoms with Crippen LogP contribution in [0.3, 0.4) is 0 Å². The van der Waals surface area contributed by atoms with E-state index in [-0.39, 0.29) is 0 Å². The molecule has 2 aliphatic rings. The van der Waals surface area contributed by atoms with Crippen LogP contribution in [0.5, 0.6) is 0 Å². The van der Waals surface area contributed by atoms with Crippen molar-refractivity contribution in [3.63, 3.8) is 0 Å². The summed E-state index contributed by atoms with van der Waals surface area (Å²) in [5.74, 6) is 0. The normalized spacial score (nSPS) is 25.0. The van der Waals surface area contributed by atoms with E-state index in [1.54, 1.807) is 0 Å². The summed E-state index contributed by atoms with van der Waals surface area (Å²) in [5, 5.41) is 12.4. The van der Waals surface area contributed by atoms with Crippen LogP contribution in [0.4, 0.5) is 0 Å². The molecule has 2 rings (SSSR count). The maximum absolute atomic E-state index is 8.90. The zero-order valence-corrected chi connectivity index (χ0v) is 12.6. The van der Waals surface area contributed by atoms with Crippen LogP contribution in [0.25, 0.3) is 0 Å². The lowest BCUT2D eigenvalue weighted by Crippen LogP contribution is -2.19. The second-order valence-electron chi connectivity index (χ2n) is 5.36. The molecule has 0 aromatic rings. The highest BCUT2D eigenvalue weighted by Crippen LogP contribution is 2.11. The molecule has 0 atom stereocenters. The van der Waals surface area contributed by atoms with Crippen LogP contribution in [0, 0.1) is 11.3 Å². The second-order valence-corrected chi connectivity index (χ2v) is 5.36. The molecule has 0 bridgehead atoms. The first-order valence-corrected chi connectivity index (χ1v) is 7.47. The number of rotatable bonds is 4. The van der Waals surface area contributed by atoms with Gasteiger partial charge >= 0.3 is 0 Å². The third-order valence-electron chi connectivity index (χ3n) is 3.60. The van der Waals surface area contributed by atoms with E-state index in [9.17, 15) is 0 Å². The van der Waals surface area contributed by atoms with Crippen molar-refractivity contribution in [3.8, 4) is 6.07 Å². The molecule has 2 aliphatic carbocycles. The zero-order chi connectivity index (χ0) is 14.9. The van der Waals surface area contributed by atoms with Crippen molar-refractivity contribution in [2.45, 2.75) is 26.2 Å². The van der Waals surface area contributed by atoms with E-state index < -0.39 is 0 Å². The molecule has 0 spiro atoms. The van der Waals surface area contributed by atoms with Gasteiger partial charge in [0.05, 0.1) is 6.07 Å². The lowest BCUT2D eigenvalue weighted by Gasteiger charge is -2.08. The van der Waals surface area contributed by atoms with E-state index in [2.05, 4.69) is 60.8 Å². The maximum Gasteiger partial charge on any atom is 0.0947 e. The van der Waals surface area contributed by atoms with Crippen molar-refractivity contribution < 1.29 is 0 Å². The molecule has 0 amide bonds. The topological polar surface area (TPSA) is 35.8 Å². The smallest absolute Gasteiger partial charge is 0.0947 e. The highest BCUT2D eigenvalue weighted by Gasteiger charge is 2.00. The molecule has 0 heterocycles. The Morgan fingerprint density at radius 3 is 2.48 bits per heavy atom. The summed E-state index contributed by atoms with van der Waals surface area (Å²) in [6.45, 7) is 3.89. The average Bonchev–Trinajstić information content (AvgIpc) is 2.66. The minimum atomic E-state index is 0.743. The summed E-state index contributed by atoms with van der Waals surface area (Å²) in [4.78, 5) is 0. The number of nitrogens with one attached hydrogen (secondary N) is 1. The average molecular weight is 278 g/mol. The fourth-order valence-corrected chi connectivity index (χ4v) is 2.32. The highest BCUT2D eigenvalue weighted by molar-refractivity contribution is 5.33. The van der Waals surface area contributed by atoms with Gasteiger partial charge in [-0.15, -0.1) is 0 Å². The SMILES string of the molecule is CC1=CCC=C(CNCC2=C/C/C=C(/C#N)C/C=C\2)C=C1. The van der Waals surface area contributed by atoms with Gasteiger partial charge in [0.15, 0.2) is 0 Å². The van der Waals surface area contributed by atoms with Crippen LogP contribution in [0.2, 0.25) is 0 Å². The minimum absolute atomic E-state index is 0.743. The third kappa shape index (κ3) is 5.41. The molecule has 0 aliphatic heterocycles. The molecule has 0 saturated heterocycles. The van der Waals surface area contributed by atoms with Crippen LogP contribution in [-0.2, 0) is 0 Å². The number of hydrogen-bond donors (Lipinski definition) is 1. The Morgan fingerprint density at radius 2 is 1.71 bits per heavy atom. The summed E-state index contributed by atoms with van der Waals surface area (Å²) in [6, 6.07) is 2.23. The van der Waals surface area contributed by atoms with Gasteiger partial charge in [0, 0.05) is 25.1 Å². The van der Waals surface area contributed by atoms with Gasteiger partial charge in [-0.3, -0.25) is 0 Å². The van der Waals surface area contributed by atoms with Gasteiger partial charge in [0.2, 0.25) is 0 Å². The Balaban J connectivity index is 1.82. The fourth-order valence-electron chi connectivity index (χ4n) is 2.32. The Hall–Kier alpha value is -2.11. The maximum atomic E-state index is 8.90. The van der Waals surface area contributed by atoms with Crippen molar-refractivity contribution >= 4 is 0 Å². The summed E-state index contributed by atoms with van der Waals surface area (Å²) in [7, 11) is 0. The van der Waals surface area contributed by atoms with Gasteiger partial charge in [0.1, 0.15) is 0 Å². The first-order chi connectivity index (χ1) is 10.3. The predicted molar refractivity (Wildman–Crippen MR) is 88.6 cm³/mol. The van der Waals surface area contributed by atoms with Gasteiger partial charge in [-0.2, -0.15) is 5.26 Å². The molecule has 1 N–H and O–H groups in total. The molecule has 0 radical (unpaired) electrons. The van der Waals surface area contributed by atoms with Crippen LogP contribution in [0.15, 0.2) is 70.9 Å². The highest BCUT2D eigenvalue weighted by atomic mass is 14.8. The third-order valence-corrected chi connectivity index (χ3v) is 3.60. The second kappa shape index (κ2) is 8.24. The molecule has 108 valence electrons. The van der Waals surface area contributed by atoms with Gasteiger partial charge < -0.3 is 5.32 Å². The van der Waals surface area contributed by atoms with E-state index in [4.69, 9.17) is 5.26 Å². The van der Waals surface area contributed by atoms with Gasteiger partial charge in [-0.25, -0.2) is 0 Å². The van der Waals surface area contributed by atoms with Crippen LogP contribution < -0.4 is 5.32 Å². The molecule has 21 heavy (non-hydrogen) atoms. The van der Waals surface area contributed by atoms with E-state index in [0.717, 1.165) is 37.9 Å². The number of allylic oxidation sites excluding steroid dienone is 8. The molecule has 0 fully saturated rings. The zero-order valence-electron chi connectivity index (χ0n) is 12.6.